The number of nitrogens with zero attached hydrogens (tertiary/aromatic N) is 2. The molecule has 0 atom stereocenters. The summed E-state index contributed by atoms with van der Waals surface area (Å²) in [5.41, 5.74) is 6.95. The third kappa shape index (κ3) is 5.74. The molecular weight excluding hydrogens is 382 g/mol. The molecule has 0 radical (unpaired) electrons. The van der Waals surface area contributed by atoms with Crippen LogP contribution in [0.25, 0.3) is 0 Å². The number of anilines is 2. The van der Waals surface area contributed by atoms with E-state index in [-0.39, 0.29) is 5.91 Å². The smallest absolute Gasteiger partial charge is 0.228 e. The highest BCUT2D eigenvalue weighted by atomic mass is 16.1. The van der Waals surface area contributed by atoms with Crippen molar-refractivity contribution in [3.63, 3.8) is 0 Å². The molecule has 1 fully saturated rings. The van der Waals surface area contributed by atoms with Crippen molar-refractivity contribution in [1.82, 2.24) is 4.90 Å². The van der Waals surface area contributed by atoms with Crippen molar-refractivity contribution in [1.29, 1.82) is 0 Å². The van der Waals surface area contributed by atoms with E-state index in [1.54, 1.807) is 0 Å². The summed E-state index contributed by atoms with van der Waals surface area (Å²) in [5.74, 6) is 0.0190. The maximum atomic E-state index is 12.4. The van der Waals surface area contributed by atoms with Crippen molar-refractivity contribution in [2.75, 3.05) is 36.4 Å². The number of aryl methyl sites for hydroxylation is 2. The molecule has 31 heavy (non-hydrogen) atoms. The van der Waals surface area contributed by atoms with Crippen molar-refractivity contribution >= 4 is 17.3 Å². The number of rotatable bonds is 6. The van der Waals surface area contributed by atoms with Gasteiger partial charge in [-0.3, -0.25) is 9.69 Å². The Morgan fingerprint density at radius 2 is 1.52 bits per heavy atom. The first kappa shape index (κ1) is 21.1. The lowest BCUT2D eigenvalue weighted by Crippen LogP contribution is -2.45. The molecule has 1 aliphatic rings. The van der Waals surface area contributed by atoms with E-state index in [4.69, 9.17) is 0 Å². The fourth-order valence-corrected chi connectivity index (χ4v) is 4.07. The lowest BCUT2D eigenvalue weighted by atomic mass is 10.0. The van der Waals surface area contributed by atoms with E-state index in [9.17, 15) is 4.79 Å². The highest BCUT2D eigenvalue weighted by molar-refractivity contribution is 5.92. The largest absolute Gasteiger partial charge is 0.369 e. The Morgan fingerprint density at radius 1 is 0.806 bits per heavy atom. The Kier molecular flexibility index (Phi) is 6.68. The fraction of sp³-hybridized carbons (Fsp3) is 0.296. The minimum atomic E-state index is 0.0190. The van der Waals surface area contributed by atoms with Crippen molar-refractivity contribution in [2.24, 2.45) is 0 Å². The van der Waals surface area contributed by atoms with Crippen LogP contribution in [0.4, 0.5) is 11.4 Å². The summed E-state index contributed by atoms with van der Waals surface area (Å²) in [6.07, 6.45) is 0.395. The number of benzene rings is 3. The molecule has 1 heterocycles. The molecule has 1 N–H and O–H groups in total. The Balaban J connectivity index is 1.27. The molecule has 0 spiro atoms. The van der Waals surface area contributed by atoms with Gasteiger partial charge in [0, 0.05) is 44.1 Å². The normalized spacial score (nSPS) is 14.5. The number of piperazine rings is 1. The topological polar surface area (TPSA) is 35.6 Å². The number of nitrogens with one attached hydrogen (secondary N) is 1. The number of carbonyl (C=O) groups is 1. The molecule has 1 amide bonds. The number of carbonyl (C=O) groups excluding carboxylic acids is 1. The molecule has 3 aromatic carbocycles. The van der Waals surface area contributed by atoms with E-state index >= 15 is 0 Å². The average molecular weight is 414 g/mol. The van der Waals surface area contributed by atoms with Crippen LogP contribution in [0, 0.1) is 13.8 Å². The maximum absolute atomic E-state index is 12.4. The third-order valence-electron chi connectivity index (χ3n) is 6.07. The Labute approximate surface area is 185 Å². The van der Waals surface area contributed by atoms with Crippen LogP contribution in [0.5, 0.6) is 0 Å². The van der Waals surface area contributed by atoms with Crippen LogP contribution in [0.15, 0.2) is 72.8 Å². The van der Waals surface area contributed by atoms with Gasteiger partial charge in [0.1, 0.15) is 0 Å². The van der Waals surface area contributed by atoms with Crippen molar-refractivity contribution in [2.45, 2.75) is 26.8 Å². The van der Waals surface area contributed by atoms with Crippen LogP contribution in [0.1, 0.15) is 22.3 Å². The lowest BCUT2D eigenvalue weighted by molar-refractivity contribution is -0.115. The number of amides is 1. The van der Waals surface area contributed by atoms with Gasteiger partial charge in [-0.25, -0.2) is 0 Å². The molecule has 3 aromatic rings. The van der Waals surface area contributed by atoms with E-state index < -0.39 is 0 Å². The third-order valence-corrected chi connectivity index (χ3v) is 6.07. The van der Waals surface area contributed by atoms with Gasteiger partial charge in [0.15, 0.2) is 0 Å². The van der Waals surface area contributed by atoms with Gasteiger partial charge in [-0.1, -0.05) is 48.5 Å². The van der Waals surface area contributed by atoms with Crippen LogP contribution in [0.2, 0.25) is 0 Å². The standard InChI is InChI=1S/C27H31N3O/c1-21-8-9-24(18-22(21)2)19-27(31)28-25-10-12-26(13-11-25)30-16-14-29(15-17-30)20-23-6-4-3-5-7-23/h3-13,18H,14-17,19-20H2,1-2H3,(H,28,31). The maximum Gasteiger partial charge on any atom is 0.228 e. The Bertz CT molecular complexity index is 1010. The summed E-state index contributed by atoms with van der Waals surface area (Å²) in [5, 5.41) is 3.02. The first-order valence-corrected chi connectivity index (χ1v) is 11.0. The first-order chi connectivity index (χ1) is 15.1. The second kappa shape index (κ2) is 9.80. The van der Waals surface area contributed by atoms with E-state index in [1.165, 1.54) is 22.4 Å². The van der Waals surface area contributed by atoms with Crippen LogP contribution in [0.3, 0.4) is 0 Å². The number of hydrogen-bond donors (Lipinski definition) is 1. The van der Waals surface area contributed by atoms with Crippen molar-refractivity contribution < 1.29 is 4.79 Å². The molecule has 1 aliphatic heterocycles. The minimum absolute atomic E-state index is 0.0190. The van der Waals surface area contributed by atoms with E-state index in [0.29, 0.717) is 6.42 Å². The fourth-order valence-electron chi connectivity index (χ4n) is 4.07. The van der Waals surface area contributed by atoms with Gasteiger partial charge in [0.25, 0.3) is 0 Å². The molecule has 160 valence electrons. The van der Waals surface area contributed by atoms with Crippen molar-refractivity contribution in [3.05, 3.63) is 95.1 Å². The first-order valence-electron chi connectivity index (χ1n) is 11.0. The Morgan fingerprint density at radius 3 is 2.19 bits per heavy atom. The minimum Gasteiger partial charge on any atom is -0.369 e. The highest BCUT2D eigenvalue weighted by Gasteiger charge is 2.17. The summed E-state index contributed by atoms with van der Waals surface area (Å²) >= 11 is 0. The van der Waals surface area contributed by atoms with Crippen LogP contribution in [-0.2, 0) is 17.8 Å². The van der Waals surface area contributed by atoms with Crippen LogP contribution >= 0.6 is 0 Å². The summed E-state index contributed by atoms with van der Waals surface area (Å²) in [4.78, 5) is 17.3. The van der Waals surface area contributed by atoms with Gasteiger partial charge >= 0.3 is 0 Å². The van der Waals surface area contributed by atoms with Crippen LogP contribution in [-0.4, -0.2) is 37.0 Å². The van der Waals surface area contributed by atoms with E-state index in [0.717, 1.165) is 44.0 Å². The molecule has 0 unspecified atom stereocenters. The quantitative estimate of drug-likeness (QED) is 0.630. The summed E-state index contributed by atoms with van der Waals surface area (Å²) < 4.78 is 0. The molecule has 0 bridgehead atoms. The number of hydrogen-bond acceptors (Lipinski definition) is 3. The zero-order valence-electron chi connectivity index (χ0n) is 18.5. The lowest BCUT2D eigenvalue weighted by Gasteiger charge is -2.36. The van der Waals surface area contributed by atoms with Gasteiger partial charge in [-0.2, -0.15) is 0 Å². The molecular formula is C27H31N3O. The van der Waals surface area contributed by atoms with Gasteiger partial charge in [-0.15, -0.1) is 0 Å². The summed E-state index contributed by atoms with van der Waals surface area (Å²) in [7, 11) is 0. The molecule has 4 rings (SSSR count). The summed E-state index contributed by atoms with van der Waals surface area (Å²) in [6.45, 7) is 9.34. The molecule has 4 nitrogen and oxygen atoms in total. The van der Waals surface area contributed by atoms with Crippen molar-refractivity contribution in [3.8, 4) is 0 Å². The zero-order chi connectivity index (χ0) is 21.6. The van der Waals surface area contributed by atoms with Crippen LogP contribution < -0.4 is 10.2 Å². The Hall–Kier alpha value is -3.11. The molecule has 0 aromatic heterocycles. The summed E-state index contributed by atoms with van der Waals surface area (Å²) in [6, 6.07) is 25.1. The van der Waals surface area contributed by atoms with Gasteiger partial charge in [0.2, 0.25) is 5.91 Å². The van der Waals surface area contributed by atoms with Gasteiger partial charge in [-0.05, 0) is 60.4 Å². The molecule has 0 aliphatic carbocycles. The SMILES string of the molecule is Cc1ccc(CC(=O)Nc2ccc(N3CCN(Cc4ccccc4)CC3)cc2)cc1C. The predicted octanol–water partition coefficient (Wildman–Crippen LogP) is 4.81. The zero-order valence-corrected chi connectivity index (χ0v) is 18.5. The van der Waals surface area contributed by atoms with Gasteiger partial charge < -0.3 is 10.2 Å². The van der Waals surface area contributed by atoms with E-state index in [1.807, 2.05) is 18.2 Å². The monoisotopic (exact) mass is 413 g/mol. The second-order valence-electron chi connectivity index (χ2n) is 8.44. The molecule has 0 saturated carbocycles. The molecule has 4 heteroatoms. The average Bonchev–Trinajstić information content (AvgIpc) is 2.78. The second-order valence-corrected chi connectivity index (χ2v) is 8.44. The predicted molar refractivity (Wildman–Crippen MR) is 129 cm³/mol. The van der Waals surface area contributed by atoms with Gasteiger partial charge in [0.05, 0.1) is 6.42 Å². The molecule has 1 saturated heterocycles. The van der Waals surface area contributed by atoms with E-state index in [2.05, 4.69) is 83.6 Å². The highest BCUT2D eigenvalue weighted by Crippen LogP contribution is 2.20.